The van der Waals surface area contributed by atoms with Crippen LogP contribution in [0.2, 0.25) is 0 Å². The number of halogens is 2. The summed E-state index contributed by atoms with van der Waals surface area (Å²) < 4.78 is 27.0. The van der Waals surface area contributed by atoms with E-state index in [-0.39, 0.29) is 17.5 Å². The molecular formula is C19H21F2N3O. The lowest BCUT2D eigenvalue weighted by Crippen LogP contribution is -2.62. The summed E-state index contributed by atoms with van der Waals surface area (Å²) in [5, 5.41) is 3.14. The van der Waals surface area contributed by atoms with Crippen molar-refractivity contribution >= 4 is 5.91 Å². The topological polar surface area (TPSA) is 48.1 Å². The second kappa shape index (κ2) is 6.26. The van der Waals surface area contributed by atoms with Gasteiger partial charge in [-0.05, 0) is 63.0 Å². The molecule has 2 atom stereocenters. The summed E-state index contributed by atoms with van der Waals surface area (Å²) in [6.07, 6.45) is 2.23. The van der Waals surface area contributed by atoms with E-state index in [2.05, 4.69) is 22.1 Å². The number of rotatable bonds is 3. The average molecular weight is 345 g/mol. The number of nitrogens with one attached hydrogen (secondary N) is 2. The normalized spacial score (nSPS) is 28.1. The molecule has 25 heavy (non-hydrogen) atoms. The molecule has 2 aromatic rings. The summed E-state index contributed by atoms with van der Waals surface area (Å²) >= 11 is 0. The standard InChI is InChI=1S/C19H21F2N3O/c1-11-18(12-6-8-24(11)9-7-12)23-19(25)17-5-4-16(22-17)14-3-2-13(20)10-15(14)21/h2-5,10-12,18,22H,6-9H2,1H3,(H,23,25)/t11-,18-/m0/s1. The fourth-order valence-corrected chi connectivity index (χ4v) is 4.17. The van der Waals surface area contributed by atoms with Crippen molar-refractivity contribution in [2.75, 3.05) is 13.1 Å². The summed E-state index contributed by atoms with van der Waals surface area (Å²) in [5.41, 5.74) is 1.10. The number of hydrogen-bond donors (Lipinski definition) is 2. The van der Waals surface area contributed by atoms with Gasteiger partial charge in [0.05, 0.1) is 0 Å². The van der Waals surface area contributed by atoms with Gasteiger partial charge >= 0.3 is 0 Å². The van der Waals surface area contributed by atoms with E-state index in [1.165, 1.54) is 12.1 Å². The minimum Gasteiger partial charge on any atom is -0.350 e. The largest absolute Gasteiger partial charge is 0.350 e. The van der Waals surface area contributed by atoms with Gasteiger partial charge < -0.3 is 10.3 Å². The van der Waals surface area contributed by atoms with Crippen molar-refractivity contribution in [3.8, 4) is 11.3 Å². The molecule has 1 amide bonds. The van der Waals surface area contributed by atoms with E-state index < -0.39 is 11.6 Å². The molecule has 3 aliphatic heterocycles. The van der Waals surface area contributed by atoms with Crippen molar-refractivity contribution in [3.63, 3.8) is 0 Å². The molecule has 6 heteroatoms. The number of piperidine rings is 3. The highest BCUT2D eigenvalue weighted by molar-refractivity contribution is 5.93. The van der Waals surface area contributed by atoms with Crippen LogP contribution in [0.25, 0.3) is 11.3 Å². The maximum Gasteiger partial charge on any atom is 0.267 e. The summed E-state index contributed by atoms with van der Waals surface area (Å²) in [6, 6.07) is 7.17. The van der Waals surface area contributed by atoms with Crippen molar-refractivity contribution in [1.82, 2.24) is 15.2 Å². The lowest BCUT2D eigenvalue weighted by Gasteiger charge is -2.49. The average Bonchev–Trinajstić information content (AvgIpc) is 3.08. The molecule has 3 fully saturated rings. The molecule has 0 spiro atoms. The first-order valence-corrected chi connectivity index (χ1v) is 8.72. The molecule has 0 radical (unpaired) electrons. The molecule has 2 N–H and O–H groups in total. The molecule has 4 heterocycles. The van der Waals surface area contributed by atoms with Crippen LogP contribution in [-0.2, 0) is 0 Å². The lowest BCUT2D eigenvalue weighted by molar-refractivity contribution is 0.0216. The fourth-order valence-electron chi connectivity index (χ4n) is 4.17. The van der Waals surface area contributed by atoms with E-state index in [0.717, 1.165) is 32.0 Å². The second-order valence-electron chi connectivity index (χ2n) is 7.02. The quantitative estimate of drug-likeness (QED) is 0.898. The third kappa shape index (κ3) is 2.95. The van der Waals surface area contributed by atoms with Crippen LogP contribution in [0.5, 0.6) is 0 Å². The highest BCUT2D eigenvalue weighted by Gasteiger charge is 2.40. The highest BCUT2D eigenvalue weighted by Crippen LogP contribution is 2.32. The molecule has 3 saturated heterocycles. The zero-order chi connectivity index (χ0) is 17.6. The van der Waals surface area contributed by atoms with Gasteiger partial charge in [-0.15, -0.1) is 0 Å². The van der Waals surface area contributed by atoms with E-state index in [1.54, 1.807) is 12.1 Å². The third-order valence-corrected chi connectivity index (χ3v) is 5.63. The molecule has 1 aromatic heterocycles. The number of H-pyrrole nitrogens is 1. The molecule has 5 rings (SSSR count). The number of hydrogen-bond acceptors (Lipinski definition) is 2. The van der Waals surface area contributed by atoms with Gasteiger partial charge in [0.15, 0.2) is 0 Å². The van der Waals surface area contributed by atoms with E-state index in [1.807, 2.05) is 0 Å². The number of amides is 1. The van der Waals surface area contributed by atoms with Crippen LogP contribution >= 0.6 is 0 Å². The Morgan fingerprint density at radius 1 is 1.20 bits per heavy atom. The van der Waals surface area contributed by atoms with Crippen LogP contribution < -0.4 is 5.32 Å². The lowest BCUT2D eigenvalue weighted by atomic mass is 9.79. The predicted octanol–water partition coefficient (Wildman–Crippen LogP) is 3.17. The Labute approximate surface area is 145 Å². The van der Waals surface area contributed by atoms with Crippen molar-refractivity contribution in [3.05, 3.63) is 47.7 Å². The summed E-state index contributed by atoms with van der Waals surface area (Å²) in [6.45, 7) is 4.37. The molecule has 1 aromatic carbocycles. The van der Waals surface area contributed by atoms with E-state index in [9.17, 15) is 13.6 Å². The Bertz CT molecular complexity index is 794. The van der Waals surface area contributed by atoms with E-state index >= 15 is 0 Å². The molecule has 132 valence electrons. The van der Waals surface area contributed by atoms with Crippen molar-refractivity contribution < 1.29 is 13.6 Å². The summed E-state index contributed by atoms with van der Waals surface area (Å²) in [4.78, 5) is 18.0. The van der Waals surface area contributed by atoms with Crippen LogP contribution in [0.3, 0.4) is 0 Å². The number of aromatic nitrogens is 1. The Hall–Kier alpha value is -2.21. The zero-order valence-corrected chi connectivity index (χ0v) is 14.1. The predicted molar refractivity (Wildman–Crippen MR) is 91.2 cm³/mol. The molecule has 0 unspecified atom stereocenters. The second-order valence-corrected chi connectivity index (χ2v) is 7.02. The maximum atomic E-state index is 13.9. The Morgan fingerprint density at radius 2 is 1.96 bits per heavy atom. The molecule has 3 aliphatic rings. The van der Waals surface area contributed by atoms with Crippen molar-refractivity contribution in [2.24, 2.45) is 5.92 Å². The molecule has 0 saturated carbocycles. The van der Waals surface area contributed by atoms with Crippen LogP contribution in [-0.4, -0.2) is 41.0 Å². The molecule has 2 bridgehead atoms. The number of nitrogens with zero attached hydrogens (tertiary/aromatic N) is 1. The minimum absolute atomic E-state index is 0.143. The highest BCUT2D eigenvalue weighted by atomic mass is 19.1. The number of aromatic amines is 1. The van der Waals surface area contributed by atoms with E-state index in [0.29, 0.717) is 23.3 Å². The monoisotopic (exact) mass is 345 g/mol. The van der Waals surface area contributed by atoms with Crippen LogP contribution in [0.4, 0.5) is 8.78 Å². The van der Waals surface area contributed by atoms with Crippen LogP contribution in [0.15, 0.2) is 30.3 Å². The van der Waals surface area contributed by atoms with Gasteiger partial charge in [-0.1, -0.05) is 0 Å². The fraction of sp³-hybridized carbons (Fsp3) is 0.421. The molecular weight excluding hydrogens is 324 g/mol. The Morgan fingerprint density at radius 3 is 2.64 bits per heavy atom. The van der Waals surface area contributed by atoms with Gasteiger partial charge in [0.25, 0.3) is 5.91 Å². The minimum atomic E-state index is -0.653. The van der Waals surface area contributed by atoms with Gasteiger partial charge in [-0.2, -0.15) is 0 Å². The Balaban J connectivity index is 1.51. The van der Waals surface area contributed by atoms with Crippen LogP contribution in [0, 0.1) is 17.6 Å². The van der Waals surface area contributed by atoms with Gasteiger partial charge in [-0.25, -0.2) is 8.78 Å². The first kappa shape index (κ1) is 16.3. The van der Waals surface area contributed by atoms with Gasteiger partial charge in [-0.3, -0.25) is 9.69 Å². The number of carbonyl (C=O) groups excluding carboxylic acids is 1. The number of benzene rings is 1. The zero-order valence-electron chi connectivity index (χ0n) is 14.1. The first-order valence-electron chi connectivity index (χ1n) is 8.72. The van der Waals surface area contributed by atoms with Gasteiger partial charge in [0, 0.05) is 29.4 Å². The summed E-state index contributed by atoms with van der Waals surface area (Å²) in [5.74, 6) is -0.936. The Kier molecular flexibility index (Phi) is 4.07. The smallest absolute Gasteiger partial charge is 0.267 e. The van der Waals surface area contributed by atoms with E-state index in [4.69, 9.17) is 0 Å². The van der Waals surface area contributed by atoms with Crippen LogP contribution in [0.1, 0.15) is 30.3 Å². The summed E-state index contributed by atoms with van der Waals surface area (Å²) in [7, 11) is 0. The molecule has 0 aliphatic carbocycles. The number of fused-ring (bicyclic) bond motifs is 3. The number of carbonyl (C=O) groups is 1. The van der Waals surface area contributed by atoms with Gasteiger partial charge in [0.1, 0.15) is 17.3 Å². The first-order chi connectivity index (χ1) is 12.0. The molecule has 4 nitrogen and oxygen atoms in total. The van der Waals surface area contributed by atoms with Crippen molar-refractivity contribution in [2.45, 2.75) is 31.8 Å². The maximum absolute atomic E-state index is 13.9. The van der Waals surface area contributed by atoms with Gasteiger partial charge in [0.2, 0.25) is 0 Å². The van der Waals surface area contributed by atoms with Crippen molar-refractivity contribution in [1.29, 1.82) is 0 Å². The third-order valence-electron chi connectivity index (χ3n) is 5.63. The SMILES string of the molecule is C[C@H]1[C@H](NC(=O)c2ccc(-c3ccc(F)cc3F)[nH]2)C2CCN1CC2.